The van der Waals surface area contributed by atoms with Gasteiger partial charge in [-0.05, 0) is 18.8 Å². The molecule has 1 saturated heterocycles. The van der Waals surface area contributed by atoms with Gasteiger partial charge in [-0.2, -0.15) is 0 Å². The molecular weight excluding hydrogens is 206 g/mol. The van der Waals surface area contributed by atoms with Crippen molar-refractivity contribution in [3.63, 3.8) is 0 Å². The molecule has 1 aromatic rings. The first-order valence-electron chi connectivity index (χ1n) is 5.75. The minimum absolute atomic E-state index is 0.0422. The van der Waals surface area contributed by atoms with Crippen molar-refractivity contribution in [2.24, 2.45) is 11.7 Å². The average molecular weight is 225 g/mol. The summed E-state index contributed by atoms with van der Waals surface area (Å²) < 4.78 is 7.38. The molecule has 0 radical (unpaired) electrons. The molecule has 0 bridgehead atoms. The summed E-state index contributed by atoms with van der Waals surface area (Å²) >= 11 is 0. The standard InChI is InChI=1S/C11H19N3O2/c12-10(7-15)11-5-13-8-14(11)6-9-1-3-16-4-2-9/h5,8-10,15H,1-4,6-7,12H2. The van der Waals surface area contributed by atoms with Crippen LogP contribution in [0.1, 0.15) is 24.6 Å². The summed E-state index contributed by atoms with van der Waals surface area (Å²) in [5.41, 5.74) is 6.72. The predicted octanol–water partition coefficient (Wildman–Crippen LogP) is 0.302. The highest BCUT2D eigenvalue weighted by molar-refractivity contribution is 5.04. The van der Waals surface area contributed by atoms with Crippen LogP contribution in [0, 0.1) is 5.92 Å². The van der Waals surface area contributed by atoms with E-state index < -0.39 is 0 Å². The molecule has 2 heterocycles. The minimum Gasteiger partial charge on any atom is -0.394 e. The number of hydrogen-bond acceptors (Lipinski definition) is 4. The van der Waals surface area contributed by atoms with Gasteiger partial charge in [-0.3, -0.25) is 0 Å². The lowest BCUT2D eigenvalue weighted by atomic mass is 10.0. The SMILES string of the molecule is NC(CO)c1cncn1CC1CCOCC1. The third-order valence-electron chi connectivity index (χ3n) is 3.12. The Hall–Kier alpha value is -0.910. The molecule has 1 unspecified atom stereocenters. The molecule has 5 heteroatoms. The van der Waals surface area contributed by atoms with E-state index in [1.165, 1.54) is 0 Å². The first-order valence-corrected chi connectivity index (χ1v) is 5.75. The highest BCUT2D eigenvalue weighted by Gasteiger charge is 2.17. The zero-order chi connectivity index (χ0) is 11.4. The van der Waals surface area contributed by atoms with E-state index >= 15 is 0 Å². The van der Waals surface area contributed by atoms with E-state index in [0.29, 0.717) is 5.92 Å². The van der Waals surface area contributed by atoms with Gasteiger partial charge < -0.3 is 20.1 Å². The smallest absolute Gasteiger partial charge is 0.0948 e. The summed E-state index contributed by atoms with van der Waals surface area (Å²) in [5, 5.41) is 9.05. The van der Waals surface area contributed by atoms with Gasteiger partial charge in [0.15, 0.2) is 0 Å². The molecule has 3 N–H and O–H groups in total. The van der Waals surface area contributed by atoms with Crippen molar-refractivity contribution in [1.82, 2.24) is 9.55 Å². The van der Waals surface area contributed by atoms with Crippen LogP contribution in [-0.4, -0.2) is 34.5 Å². The highest BCUT2D eigenvalue weighted by atomic mass is 16.5. The van der Waals surface area contributed by atoms with Crippen LogP contribution >= 0.6 is 0 Å². The second-order valence-electron chi connectivity index (χ2n) is 4.32. The van der Waals surface area contributed by atoms with Crippen LogP contribution in [0.25, 0.3) is 0 Å². The summed E-state index contributed by atoms with van der Waals surface area (Å²) in [6.07, 6.45) is 5.71. The highest BCUT2D eigenvalue weighted by Crippen LogP contribution is 2.19. The number of aromatic nitrogens is 2. The Morgan fingerprint density at radius 1 is 1.56 bits per heavy atom. The fraction of sp³-hybridized carbons (Fsp3) is 0.727. The Labute approximate surface area is 95.2 Å². The van der Waals surface area contributed by atoms with Gasteiger partial charge in [0.2, 0.25) is 0 Å². The van der Waals surface area contributed by atoms with Gasteiger partial charge in [-0.1, -0.05) is 0 Å². The molecule has 0 spiro atoms. The lowest BCUT2D eigenvalue weighted by Crippen LogP contribution is -2.24. The quantitative estimate of drug-likeness (QED) is 0.773. The third-order valence-corrected chi connectivity index (χ3v) is 3.12. The molecular formula is C11H19N3O2. The molecule has 0 amide bonds. The van der Waals surface area contributed by atoms with Gasteiger partial charge in [0.1, 0.15) is 0 Å². The lowest BCUT2D eigenvalue weighted by Gasteiger charge is -2.23. The van der Waals surface area contributed by atoms with Crippen LogP contribution in [0.2, 0.25) is 0 Å². The van der Waals surface area contributed by atoms with Crippen molar-refractivity contribution in [1.29, 1.82) is 0 Å². The lowest BCUT2D eigenvalue weighted by molar-refractivity contribution is 0.0608. The monoisotopic (exact) mass is 225 g/mol. The number of ether oxygens (including phenoxy) is 1. The summed E-state index contributed by atoms with van der Waals surface area (Å²) in [6.45, 7) is 2.58. The second-order valence-corrected chi connectivity index (χ2v) is 4.32. The Morgan fingerprint density at radius 2 is 2.31 bits per heavy atom. The number of rotatable bonds is 4. The first-order chi connectivity index (χ1) is 7.81. The van der Waals surface area contributed by atoms with Crippen LogP contribution in [0.5, 0.6) is 0 Å². The van der Waals surface area contributed by atoms with Crippen LogP contribution in [0.3, 0.4) is 0 Å². The van der Waals surface area contributed by atoms with E-state index in [0.717, 1.165) is 38.3 Å². The molecule has 1 aliphatic rings. The van der Waals surface area contributed by atoms with E-state index in [4.69, 9.17) is 15.6 Å². The minimum atomic E-state index is -0.331. The van der Waals surface area contributed by atoms with Crippen molar-refractivity contribution in [2.75, 3.05) is 19.8 Å². The molecule has 1 aliphatic heterocycles. The molecule has 1 aromatic heterocycles. The van der Waals surface area contributed by atoms with Crippen molar-refractivity contribution in [3.05, 3.63) is 18.2 Å². The van der Waals surface area contributed by atoms with Gasteiger partial charge in [0.25, 0.3) is 0 Å². The van der Waals surface area contributed by atoms with Gasteiger partial charge in [0.05, 0.1) is 24.7 Å². The summed E-state index contributed by atoms with van der Waals surface area (Å²) in [4.78, 5) is 4.10. The van der Waals surface area contributed by atoms with Crippen molar-refractivity contribution in [3.8, 4) is 0 Å². The van der Waals surface area contributed by atoms with Crippen LogP contribution in [-0.2, 0) is 11.3 Å². The van der Waals surface area contributed by atoms with E-state index in [-0.39, 0.29) is 12.6 Å². The van der Waals surface area contributed by atoms with E-state index in [2.05, 4.69) is 9.55 Å². The molecule has 16 heavy (non-hydrogen) atoms. The largest absolute Gasteiger partial charge is 0.394 e. The number of imidazole rings is 1. The van der Waals surface area contributed by atoms with Gasteiger partial charge in [-0.15, -0.1) is 0 Å². The van der Waals surface area contributed by atoms with Crippen LogP contribution in [0.4, 0.5) is 0 Å². The molecule has 1 atom stereocenters. The fourth-order valence-electron chi connectivity index (χ4n) is 2.09. The molecule has 90 valence electrons. The van der Waals surface area contributed by atoms with Crippen molar-refractivity contribution >= 4 is 0 Å². The van der Waals surface area contributed by atoms with Crippen LogP contribution < -0.4 is 5.73 Å². The number of aliphatic hydroxyl groups excluding tert-OH is 1. The Morgan fingerprint density at radius 3 is 3.00 bits per heavy atom. The van der Waals surface area contributed by atoms with Gasteiger partial charge >= 0.3 is 0 Å². The fourth-order valence-corrected chi connectivity index (χ4v) is 2.09. The summed E-state index contributed by atoms with van der Waals surface area (Å²) in [6, 6.07) is -0.331. The maximum absolute atomic E-state index is 9.05. The zero-order valence-electron chi connectivity index (χ0n) is 9.38. The Balaban J connectivity index is 2.00. The van der Waals surface area contributed by atoms with Crippen molar-refractivity contribution in [2.45, 2.75) is 25.4 Å². The second kappa shape index (κ2) is 5.43. The Bertz CT molecular complexity index is 321. The summed E-state index contributed by atoms with van der Waals surface area (Å²) in [7, 11) is 0. The normalized spacial score (nSPS) is 19.9. The van der Waals surface area contributed by atoms with E-state index in [1.807, 2.05) is 0 Å². The van der Waals surface area contributed by atoms with E-state index in [1.54, 1.807) is 12.5 Å². The maximum atomic E-state index is 9.05. The maximum Gasteiger partial charge on any atom is 0.0948 e. The van der Waals surface area contributed by atoms with Gasteiger partial charge in [-0.25, -0.2) is 4.98 Å². The van der Waals surface area contributed by atoms with Gasteiger partial charge in [0, 0.05) is 26.0 Å². The zero-order valence-corrected chi connectivity index (χ0v) is 9.38. The number of aliphatic hydroxyl groups is 1. The first kappa shape index (κ1) is 11.6. The number of nitrogens with zero attached hydrogens (tertiary/aromatic N) is 2. The molecule has 0 aliphatic carbocycles. The third kappa shape index (κ3) is 2.61. The molecule has 1 fully saturated rings. The predicted molar refractivity (Wildman–Crippen MR) is 59.8 cm³/mol. The Kier molecular flexibility index (Phi) is 3.93. The number of hydrogen-bond donors (Lipinski definition) is 2. The van der Waals surface area contributed by atoms with E-state index in [9.17, 15) is 0 Å². The van der Waals surface area contributed by atoms with Crippen molar-refractivity contribution < 1.29 is 9.84 Å². The molecule has 2 rings (SSSR count). The average Bonchev–Trinajstić information content (AvgIpc) is 2.77. The molecule has 5 nitrogen and oxygen atoms in total. The van der Waals surface area contributed by atoms with Crippen LogP contribution in [0.15, 0.2) is 12.5 Å². The number of nitrogens with two attached hydrogens (primary N) is 1. The molecule has 0 aromatic carbocycles. The molecule has 0 saturated carbocycles. The summed E-state index contributed by atoms with van der Waals surface area (Å²) in [5.74, 6) is 0.632. The topological polar surface area (TPSA) is 73.3 Å².